The van der Waals surface area contributed by atoms with Crippen molar-refractivity contribution in [2.75, 3.05) is 63.9 Å². The number of carbonyl (C=O) groups excluding carboxylic acids is 3. The lowest BCUT2D eigenvalue weighted by Gasteiger charge is -2.06. The van der Waals surface area contributed by atoms with Gasteiger partial charge in [0.05, 0.1) is 56.8 Å². The minimum Gasteiger partial charge on any atom is -0.387 e. The molecule has 5 N–H and O–H groups in total. The van der Waals surface area contributed by atoms with E-state index < -0.39 is 5.91 Å². The third-order valence-corrected chi connectivity index (χ3v) is 7.93. The second-order valence-corrected chi connectivity index (χ2v) is 11.9. The van der Waals surface area contributed by atoms with E-state index in [1.807, 2.05) is 42.5 Å². The van der Waals surface area contributed by atoms with E-state index in [-0.39, 0.29) is 18.4 Å². The van der Waals surface area contributed by atoms with Gasteiger partial charge >= 0.3 is 0 Å². The molecule has 3 heterocycles. The zero-order valence-electron chi connectivity index (χ0n) is 29.8. The molecule has 0 atom stereocenters. The smallest absolute Gasteiger partial charge is 0.272 e. The zero-order chi connectivity index (χ0) is 37.6. The zero-order valence-corrected chi connectivity index (χ0v) is 29.8. The van der Waals surface area contributed by atoms with E-state index in [9.17, 15) is 14.4 Å². The number of rotatable bonds is 19. The van der Waals surface area contributed by atoms with E-state index in [4.69, 9.17) is 24.6 Å². The van der Waals surface area contributed by atoms with E-state index in [0.717, 1.165) is 11.1 Å². The van der Waals surface area contributed by atoms with Gasteiger partial charge in [-0.1, -0.05) is 30.4 Å². The number of carbonyl (C=O) groups is 3. The molecule has 3 amide bonds. The molecule has 16 heteroatoms. The first-order valence-corrected chi connectivity index (χ1v) is 16.9. The van der Waals surface area contributed by atoms with Gasteiger partial charge < -0.3 is 45.0 Å². The molecule has 5 rings (SSSR count). The van der Waals surface area contributed by atoms with Crippen LogP contribution in [-0.2, 0) is 28.3 Å². The molecule has 0 saturated carbocycles. The Balaban J connectivity index is 1.06. The molecule has 3 aromatic heterocycles. The maximum absolute atomic E-state index is 13.2. The Morgan fingerprint density at radius 1 is 0.774 bits per heavy atom. The van der Waals surface area contributed by atoms with E-state index in [1.54, 1.807) is 67.0 Å². The molecule has 2 aromatic carbocycles. The summed E-state index contributed by atoms with van der Waals surface area (Å²) in [6.07, 6.45) is 7.53. The molecule has 0 fully saturated rings. The lowest BCUT2D eigenvalue weighted by atomic mass is 10.1. The van der Waals surface area contributed by atoms with E-state index in [0.29, 0.717) is 91.2 Å². The van der Waals surface area contributed by atoms with Crippen molar-refractivity contribution in [3.05, 3.63) is 95.1 Å². The van der Waals surface area contributed by atoms with Crippen LogP contribution >= 0.6 is 0 Å². The number of nitrogens with two attached hydrogens (primary N) is 1. The van der Waals surface area contributed by atoms with Gasteiger partial charge in [0.15, 0.2) is 0 Å². The van der Waals surface area contributed by atoms with Gasteiger partial charge in [0.2, 0.25) is 0 Å². The van der Waals surface area contributed by atoms with Gasteiger partial charge in [-0.05, 0) is 57.8 Å². The Kier molecular flexibility index (Phi) is 13.6. The highest BCUT2D eigenvalue weighted by Crippen LogP contribution is 2.19. The van der Waals surface area contributed by atoms with Crippen LogP contribution in [0.4, 0.5) is 11.4 Å². The van der Waals surface area contributed by atoms with Gasteiger partial charge in [0, 0.05) is 52.1 Å². The topological polar surface area (TPSA) is 202 Å². The van der Waals surface area contributed by atoms with Gasteiger partial charge in [-0.2, -0.15) is 0 Å². The fraction of sp³-hybridized carbons (Fsp3) is 0.297. The van der Waals surface area contributed by atoms with E-state index in [1.165, 1.54) is 0 Å². The SMILES string of the molecule is COCCOCCOCCN=C(N)CCNC(=O)c1cc(NC(=O)c2cc(NC(=O)c3ccc(C=Cc4ccc5nonc5c4)cc3)cn2C)cn1C. The molecule has 0 aliphatic heterocycles. The first-order valence-electron chi connectivity index (χ1n) is 16.9. The monoisotopic (exact) mass is 725 g/mol. The number of nitrogens with one attached hydrogen (secondary N) is 3. The van der Waals surface area contributed by atoms with Crippen LogP contribution < -0.4 is 21.7 Å². The number of nitrogens with zero attached hydrogens (tertiary/aromatic N) is 5. The van der Waals surface area contributed by atoms with Crippen molar-refractivity contribution in [3.63, 3.8) is 0 Å². The number of benzene rings is 2. The highest BCUT2D eigenvalue weighted by molar-refractivity contribution is 6.07. The normalized spacial score (nSPS) is 11.7. The molecule has 0 saturated heterocycles. The highest BCUT2D eigenvalue weighted by Gasteiger charge is 2.17. The van der Waals surface area contributed by atoms with Crippen molar-refractivity contribution in [1.29, 1.82) is 0 Å². The lowest BCUT2D eigenvalue weighted by molar-refractivity contribution is 0.0268. The Bertz CT molecular complexity index is 2060. The number of ether oxygens (including phenoxy) is 3. The summed E-state index contributed by atoms with van der Waals surface area (Å²) in [6, 6.07) is 15.9. The van der Waals surface area contributed by atoms with E-state index in [2.05, 4.69) is 31.3 Å². The molecular formula is C37H43N9O7. The number of aryl methyl sites for hydroxylation is 2. The van der Waals surface area contributed by atoms with Gasteiger partial charge in [-0.25, -0.2) is 4.63 Å². The molecule has 0 bridgehead atoms. The number of amides is 3. The molecule has 0 radical (unpaired) electrons. The molecule has 0 spiro atoms. The maximum Gasteiger partial charge on any atom is 0.272 e. The largest absolute Gasteiger partial charge is 0.387 e. The predicted molar refractivity (Wildman–Crippen MR) is 201 cm³/mol. The molecule has 16 nitrogen and oxygen atoms in total. The number of anilines is 2. The van der Waals surface area contributed by atoms with Crippen molar-refractivity contribution >= 4 is 58.1 Å². The van der Waals surface area contributed by atoms with Crippen molar-refractivity contribution in [3.8, 4) is 0 Å². The summed E-state index contributed by atoms with van der Waals surface area (Å²) in [5.74, 6) is -0.652. The van der Waals surface area contributed by atoms with Crippen molar-refractivity contribution < 1.29 is 33.2 Å². The van der Waals surface area contributed by atoms with Crippen LogP contribution in [0, 0.1) is 0 Å². The Morgan fingerprint density at radius 2 is 1.38 bits per heavy atom. The summed E-state index contributed by atoms with van der Waals surface area (Å²) in [5, 5.41) is 16.2. The average molecular weight is 726 g/mol. The van der Waals surface area contributed by atoms with Crippen molar-refractivity contribution in [2.45, 2.75) is 6.42 Å². The maximum atomic E-state index is 13.2. The van der Waals surface area contributed by atoms with Gasteiger partial charge in [0.25, 0.3) is 17.7 Å². The van der Waals surface area contributed by atoms with Crippen LogP contribution in [0.3, 0.4) is 0 Å². The summed E-state index contributed by atoms with van der Waals surface area (Å²) in [4.78, 5) is 43.3. The predicted octanol–water partition coefficient (Wildman–Crippen LogP) is 3.73. The van der Waals surface area contributed by atoms with Gasteiger partial charge in [-0.3, -0.25) is 19.4 Å². The van der Waals surface area contributed by atoms with Crippen molar-refractivity contribution in [2.24, 2.45) is 24.8 Å². The van der Waals surface area contributed by atoms with Crippen LogP contribution in [-0.4, -0.2) is 96.2 Å². The van der Waals surface area contributed by atoms with Gasteiger partial charge in [0.1, 0.15) is 22.4 Å². The number of aromatic nitrogens is 4. The number of hydrogen-bond acceptors (Lipinski definition) is 10. The molecule has 5 aromatic rings. The Labute approximate surface area is 305 Å². The first-order chi connectivity index (χ1) is 25.7. The fourth-order valence-corrected chi connectivity index (χ4v) is 5.15. The molecule has 0 unspecified atom stereocenters. The van der Waals surface area contributed by atoms with Crippen LogP contribution in [0.25, 0.3) is 23.2 Å². The number of amidine groups is 1. The molecule has 0 aliphatic carbocycles. The lowest BCUT2D eigenvalue weighted by Crippen LogP contribution is -2.29. The number of hydrogen-bond donors (Lipinski definition) is 4. The first kappa shape index (κ1) is 38.1. The summed E-state index contributed by atoms with van der Waals surface area (Å²) in [5.41, 5.74) is 11.2. The summed E-state index contributed by atoms with van der Waals surface area (Å²) >= 11 is 0. The second-order valence-electron chi connectivity index (χ2n) is 11.9. The van der Waals surface area contributed by atoms with Crippen LogP contribution in [0.5, 0.6) is 0 Å². The molecular weight excluding hydrogens is 682 g/mol. The van der Waals surface area contributed by atoms with Crippen LogP contribution in [0.1, 0.15) is 48.9 Å². The van der Waals surface area contributed by atoms with E-state index >= 15 is 0 Å². The number of fused-ring (bicyclic) bond motifs is 1. The summed E-state index contributed by atoms with van der Waals surface area (Å²) < 4.78 is 23.6. The molecule has 278 valence electrons. The fourth-order valence-electron chi connectivity index (χ4n) is 5.15. The third kappa shape index (κ3) is 11.2. The Morgan fingerprint density at radius 3 is 2.09 bits per heavy atom. The highest BCUT2D eigenvalue weighted by atomic mass is 16.6. The second kappa shape index (κ2) is 18.9. The third-order valence-electron chi connectivity index (χ3n) is 7.93. The Hall–Kier alpha value is -6.10. The summed E-state index contributed by atoms with van der Waals surface area (Å²) in [7, 11) is 5.03. The average Bonchev–Trinajstić information content (AvgIpc) is 3.87. The minimum atomic E-state index is -0.410. The number of methoxy groups -OCH3 is 1. The van der Waals surface area contributed by atoms with Crippen LogP contribution in [0.15, 0.2) is 76.6 Å². The number of aliphatic imine (C=N–C) groups is 1. The standard InChI is InChI=1S/C37H43N9O7/c1-45-24-29(21-32(45)36(48)40-13-12-34(38)39-14-15-51-18-19-52-17-16-50-3)42-37(49)33-22-28(23-46(33)2)41-35(47)27-9-6-25(7-10-27)4-5-26-8-11-30-31(20-26)44-53-43-30/h4-11,20-24H,12-19H2,1-3H3,(H2,38,39)(H,40,48)(H,41,47)(H,42,49). The van der Waals surface area contributed by atoms with Crippen molar-refractivity contribution in [1.82, 2.24) is 24.8 Å². The minimum absolute atomic E-state index is 0.287. The van der Waals surface area contributed by atoms with Gasteiger partial charge in [-0.15, -0.1) is 0 Å². The molecule has 0 aliphatic rings. The quantitative estimate of drug-likeness (QED) is 0.0421. The molecule has 53 heavy (non-hydrogen) atoms. The summed E-state index contributed by atoms with van der Waals surface area (Å²) in [6.45, 7) is 3.10. The van der Waals surface area contributed by atoms with Crippen LogP contribution in [0.2, 0.25) is 0 Å².